The summed E-state index contributed by atoms with van der Waals surface area (Å²) in [7, 11) is 3.22. The molecule has 0 radical (unpaired) electrons. The van der Waals surface area contributed by atoms with Crippen LogP contribution in [0.15, 0.2) is 36.4 Å². The number of methoxy groups -OCH3 is 2. The van der Waals surface area contributed by atoms with Gasteiger partial charge in [-0.25, -0.2) is 0 Å². The summed E-state index contributed by atoms with van der Waals surface area (Å²) in [6.45, 7) is 0.804. The monoisotopic (exact) mass is 492 g/mol. The lowest BCUT2D eigenvalue weighted by atomic mass is 9.66. The molecule has 2 aromatic rings. The largest absolute Gasteiger partial charge is 0.493 e. The van der Waals surface area contributed by atoms with Crippen LogP contribution in [0, 0.1) is 5.92 Å². The van der Waals surface area contributed by atoms with Crippen molar-refractivity contribution >= 4 is 34.8 Å². The van der Waals surface area contributed by atoms with E-state index < -0.39 is 5.60 Å². The van der Waals surface area contributed by atoms with Crippen molar-refractivity contribution in [3.63, 3.8) is 0 Å². The van der Waals surface area contributed by atoms with Gasteiger partial charge in [-0.2, -0.15) is 0 Å². The number of nitrogens with zero attached hydrogens (tertiary/aromatic N) is 1. The van der Waals surface area contributed by atoms with E-state index in [0.29, 0.717) is 40.2 Å². The molecule has 33 heavy (non-hydrogen) atoms. The average molecular weight is 493 g/mol. The number of amides is 1. The normalized spacial score (nSPS) is 25.2. The molecule has 1 saturated heterocycles. The highest BCUT2D eigenvalue weighted by Gasteiger charge is 2.49. The van der Waals surface area contributed by atoms with Crippen LogP contribution in [0.4, 0.5) is 5.69 Å². The van der Waals surface area contributed by atoms with Crippen molar-refractivity contribution in [3.8, 4) is 11.5 Å². The second-order valence-corrected chi connectivity index (χ2v) is 9.75. The molecular weight excluding hydrogens is 463 g/mol. The molecule has 6 nitrogen and oxygen atoms in total. The quantitative estimate of drug-likeness (QED) is 0.570. The van der Waals surface area contributed by atoms with E-state index in [9.17, 15) is 9.90 Å². The lowest BCUT2D eigenvalue weighted by Gasteiger charge is -2.52. The van der Waals surface area contributed by atoms with Crippen LogP contribution in [-0.2, 0) is 4.79 Å². The summed E-state index contributed by atoms with van der Waals surface area (Å²) in [4.78, 5) is 15.2. The second kappa shape index (κ2) is 10.1. The zero-order chi connectivity index (χ0) is 23.6. The molecule has 0 aromatic heterocycles. The van der Waals surface area contributed by atoms with Crippen LogP contribution in [-0.4, -0.2) is 48.8 Å². The summed E-state index contributed by atoms with van der Waals surface area (Å²) in [6.07, 6.45) is 4.45. The molecule has 2 aliphatic rings. The van der Waals surface area contributed by atoms with Gasteiger partial charge in [0.15, 0.2) is 11.5 Å². The Labute approximate surface area is 204 Å². The average Bonchev–Trinajstić information content (AvgIpc) is 2.80. The number of aliphatic hydroxyl groups is 1. The minimum absolute atomic E-state index is 0.0324. The Morgan fingerprint density at radius 1 is 1.12 bits per heavy atom. The Bertz CT molecular complexity index is 1020. The second-order valence-electron chi connectivity index (χ2n) is 8.91. The third-order valence-corrected chi connectivity index (χ3v) is 7.52. The van der Waals surface area contributed by atoms with E-state index in [1.54, 1.807) is 32.4 Å². The fourth-order valence-electron chi connectivity index (χ4n) is 5.36. The van der Waals surface area contributed by atoms with Crippen LogP contribution in [0.5, 0.6) is 11.5 Å². The van der Waals surface area contributed by atoms with E-state index in [0.717, 1.165) is 31.2 Å². The van der Waals surface area contributed by atoms with Gasteiger partial charge in [0.25, 0.3) is 0 Å². The topological polar surface area (TPSA) is 71.0 Å². The zero-order valence-corrected chi connectivity index (χ0v) is 20.5. The number of hydrogen-bond donors (Lipinski definition) is 2. The number of piperidine rings is 1. The van der Waals surface area contributed by atoms with Crippen LogP contribution in [0.2, 0.25) is 10.0 Å². The fourth-order valence-corrected chi connectivity index (χ4v) is 5.82. The number of likely N-dealkylation sites (tertiary alicyclic amines) is 1. The highest BCUT2D eigenvalue weighted by molar-refractivity contribution is 6.36. The summed E-state index contributed by atoms with van der Waals surface area (Å²) in [5.74, 6) is 1.16. The third-order valence-electron chi connectivity index (χ3n) is 6.97. The molecule has 1 heterocycles. The van der Waals surface area contributed by atoms with E-state index in [1.807, 2.05) is 18.2 Å². The van der Waals surface area contributed by atoms with Crippen molar-refractivity contribution in [1.29, 1.82) is 0 Å². The Balaban J connectivity index is 1.62. The van der Waals surface area contributed by atoms with Gasteiger partial charge in [0.1, 0.15) is 0 Å². The molecular formula is C25H30Cl2N2O4. The van der Waals surface area contributed by atoms with Gasteiger partial charge in [0.2, 0.25) is 5.91 Å². The third kappa shape index (κ3) is 5.09. The van der Waals surface area contributed by atoms with Crippen molar-refractivity contribution < 1.29 is 19.4 Å². The number of ether oxygens (including phenoxy) is 2. The van der Waals surface area contributed by atoms with Crippen LogP contribution >= 0.6 is 23.2 Å². The number of rotatable bonds is 6. The molecule has 1 aliphatic carbocycles. The number of carbonyl (C=O) groups is 1. The van der Waals surface area contributed by atoms with Gasteiger partial charge in [-0.15, -0.1) is 0 Å². The molecule has 2 fully saturated rings. The Kier molecular flexibility index (Phi) is 7.39. The first kappa shape index (κ1) is 24.1. The Morgan fingerprint density at radius 3 is 2.64 bits per heavy atom. The molecule has 1 amide bonds. The summed E-state index contributed by atoms with van der Waals surface area (Å²) < 4.78 is 10.9. The molecule has 2 N–H and O–H groups in total. The lowest BCUT2D eigenvalue weighted by molar-refractivity contribution is -0.135. The van der Waals surface area contributed by atoms with Crippen molar-refractivity contribution in [2.24, 2.45) is 5.92 Å². The van der Waals surface area contributed by atoms with Gasteiger partial charge >= 0.3 is 0 Å². The van der Waals surface area contributed by atoms with E-state index in [1.165, 1.54) is 0 Å². The van der Waals surface area contributed by atoms with Crippen molar-refractivity contribution in [3.05, 3.63) is 52.0 Å². The SMILES string of the molecule is COc1ccc([C@@H]2[C@@H]3CCCC[C@@]3(O)CCN2CC(=O)Nc2ccc(Cl)cc2Cl)cc1OC. The number of nitrogens with one attached hydrogen (secondary N) is 1. The fraction of sp³-hybridized carbons (Fsp3) is 0.480. The van der Waals surface area contributed by atoms with Crippen LogP contribution in [0.3, 0.4) is 0 Å². The molecule has 8 heteroatoms. The molecule has 0 bridgehead atoms. The minimum Gasteiger partial charge on any atom is -0.493 e. The van der Waals surface area contributed by atoms with Gasteiger partial charge in [-0.05, 0) is 55.2 Å². The van der Waals surface area contributed by atoms with E-state index in [2.05, 4.69) is 10.2 Å². The Hall–Kier alpha value is -1.99. The van der Waals surface area contributed by atoms with Gasteiger partial charge in [0.05, 0.1) is 37.1 Å². The maximum Gasteiger partial charge on any atom is 0.238 e. The molecule has 0 unspecified atom stereocenters. The van der Waals surface area contributed by atoms with Crippen LogP contribution < -0.4 is 14.8 Å². The van der Waals surface area contributed by atoms with Gasteiger partial charge < -0.3 is 19.9 Å². The molecule has 4 rings (SSSR count). The summed E-state index contributed by atoms with van der Waals surface area (Å²) in [6, 6.07) is 10.7. The standard InChI is InChI=1S/C25H30Cl2N2O4/c1-32-21-9-6-16(13-22(21)33-2)24-18-5-3-4-10-25(18,31)11-12-29(24)15-23(30)28-20-8-7-17(26)14-19(20)27/h6-9,13-14,18,24,31H,3-5,10-12,15H2,1-2H3,(H,28,30)/t18-,24+,25+/m0/s1. The van der Waals surface area contributed by atoms with E-state index >= 15 is 0 Å². The van der Waals surface area contributed by atoms with E-state index in [4.69, 9.17) is 32.7 Å². The smallest absolute Gasteiger partial charge is 0.238 e. The summed E-state index contributed by atoms with van der Waals surface area (Å²) >= 11 is 12.2. The van der Waals surface area contributed by atoms with Gasteiger partial charge in [0, 0.05) is 23.5 Å². The molecule has 1 saturated carbocycles. The predicted molar refractivity (Wildman–Crippen MR) is 130 cm³/mol. The summed E-state index contributed by atoms with van der Waals surface area (Å²) in [5, 5.41) is 15.3. The maximum atomic E-state index is 13.0. The van der Waals surface area contributed by atoms with Crippen LogP contribution in [0.1, 0.15) is 43.7 Å². The zero-order valence-electron chi connectivity index (χ0n) is 18.9. The maximum absolute atomic E-state index is 13.0. The number of hydrogen-bond acceptors (Lipinski definition) is 5. The molecule has 3 atom stereocenters. The first-order valence-electron chi connectivity index (χ1n) is 11.3. The van der Waals surface area contributed by atoms with Crippen molar-refractivity contribution in [2.75, 3.05) is 32.6 Å². The number of benzene rings is 2. The highest BCUT2D eigenvalue weighted by Crippen LogP contribution is 2.50. The van der Waals surface area contributed by atoms with Gasteiger partial charge in [-0.1, -0.05) is 42.1 Å². The predicted octanol–water partition coefficient (Wildman–Crippen LogP) is 5.32. The first-order valence-corrected chi connectivity index (χ1v) is 12.0. The lowest BCUT2D eigenvalue weighted by Crippen LogP contribution is -2.56. The number of halogens is 2. The minimum atomic E-state index is -0.720. The highest BCUT2D eigenvalue weighted by atomic mass is 35.5. The summed E-state index contributed by atoms with van der Waals surface area (Å²) in [5.41, 5.74) is 0.817. The molecule has 0 spiro atoms. The number of anilines is 1. The number of carbonyl (C=O) groups excluding carboxylic acids is 1. The first-order chi connectivity index (χ1) is 15.8. The van der Waals surface area contributed by atoms with Crippen LogP contribution in [0.25, 0.3) is 0 Å². The number of fused-ring (bicyclic) bond motifs is 1. The molecule has 1 aliphatic heterocycles. The van der Waals surface area contributed by atoms with Gasteiger partial charge in [-0.3, -0.25) is 9.69 Å². The molecule has 2 aromatic carbocycles. The Morgan fingerprint density at radius 2 is 1.91 bits per heavy atom. The van der Waals surface area contributed by atoms with E-state index in [-0.39, 0.29) is 24.4 Å². The van der Waals surface area contributed by atoms with Crippen molar-refractivity contribution in [1.82, 2.24) is 4.90 Å². The van der Waals surface area contributed by atoms with Crippen molar-refractivity contribution in [2.45, 2.75) is 43.7 Å². The molecule has 178 valence electrons.